The number of carbonyl (C=O) groups is 2. The maximum absolute atomic E-state index is 10.9. The number of nitrogens with one attached hydrogen (secondary N) is 1. The summed E-state index contributed by atoms with van der Waals surface area (Å²) in [4.78, 5) is 21.5. The van der Waals surface area contributed by atoms with Crippen molar-refractivity contribution in [1.29, 1.82) is 0 Å². The summed E-state index contributed by atoms with van der Waals surface area (Å²) < 4.78 is 5.10. The van der Waals surface area contributed by atoms with Gasteiger partial charge in [0.15, 0.2) is 12.9 Å². The first kappa shape index (κ1) is 9.02. The third-order valence-electron chi connectivity index (χ3n) is 1.86. The highest BCUT2D eigenvalue weighted by molar-refractivity contribution is 6.33. The molecule has 0 unspecified atom stereocenters. The standard InChI is InChI=1S/C9H6ClNO3/c10-6-2-7-8(1-5(6)3-12)14-4-9(13)11-7/h1-3H,4H2,(H,11,13). The Kier molecular flexibility index (Phi) is 2.13. The zero-order valence-corrected chi connectivity index (χ0v) is 7.80. The first-order valence-corrected chi connectivity index (χ1v) is 4.30. The van der Waals surface area contributed by atoms with Crippen LogP contribution in [0.2, 0.25) is 5.02 Å². The van der Waals surface area contributed by atoms with E-state index in [1.165, 1.54) is 12.1 Å². The number of amides is 1. The van der Waals surface area contributed by atoms with E-state index < -0.39 is 0 Å². The van der Waals surface area contributed by atoms with Gasteiger partial charge in [-0.3, -0.25) is 9.59 Å². The summed E-state index contributed by atoms with van der Waals surface area (Å²) >= 11 is 5.77. The smallest absolute Gasteiger partial charge is 0.262 e. The SMILES string of the molecule is O=Cc1cc2c(cc1Cl)NC(=O)CO2. The Morgan fingerprint density at radius 1 is 1.50 bits per heavy atom. The Bertz CT molecular complexity index is 417. The zero-order chi connectivity index (χ0) is 10.1. The van der Waals surface area contributed by atoms with Gasteiger partial charge in [-0.15, -0.1) is 0 Å². The predicted molar refractivity (Wildman–Crippen MR) is 51.0 cm³/mol. The average molecular weight is 212 g/mol. The van der Waals surface area contributed by atoms with Crippen LogP contribution < -0.4 is 10.1 Å². The Balaban J connectivity index is 2.50. The van der Waals surface area contributed by atoms with Gasteiger partial charge in [0.05, 0.1) is 10.7 Å². The van der Waals surface area contributed by atoms with Gasteiger partial charge in [-0.2, -0.15) is 0 Å². The van der Waals surface area contributed by atoms with E-state index in [2.05, 4.69) is 5.32 Å². The van der Waals surface area contributed by atoms with Crippen molar-refractivity contribution in [2.45, 2.75) is 0 Å². The van der Waals surface area contributed by atoms with Crippen LogP contribution in [0.3, 0.4) is 0 Å². The fourth-order valence-electron chi connectivity index (χ4n) is 1.21. The number of rotatable bonds is 1. The molecule has 0 aliphatic carbocycles. The number of ether oxygens (including phenoxy) is 1. The lowest BCUT2D eigenvalue weighted by atomic mass is 10.2. The van der Waals surface area contributed by atoms with Crippen molar-refractivity contribution in [2.24, 2.45) is 0 Å². The van der Waals surface area contributed by atoms with Crippen LogP contribution in [0.25, 0.3) is 0 Å². The van der Waals surface area contributed by atoms with Crippen LogP contribution in [0.15, 0.2) is 12.1 Å². The summed E-state index contributed by atoms with van der Waals surface area (Å²) in [5.74, 6) is 0.239. The molecule has 0 atom stereocenters. The van der Waals surface area contributed by atoms with E-state index in [1.54, 1.807) is 0 Å². The number of anilines is 1. The van der Waals surface area contributed by atoms with E-state index in [4.69, 9.17) is 16.3 Å². The van der Waals surface area contributed by atoms with Crippen LogP contribution in [0.1, 0.15) is 10.4 Å². The van der Waals surface area contributed by atoms with Gasteiger partial charge < -0.3 is 10.1 Å². The molecular formula is C9H6ClNO3. The molecule has 1 aliphatic rings. The molecule has 72 valence electrons. The molecule has 0 radical (unpaired) electrons. The van der Waals surface area contributed by atoms with Crippen LogP contribution >= 0.6 is 11.6 Å². The highest BCUT2D eigenvalue weighted by Crippen LogP contribution is 2.32. The lowest BCUT2D eigenvalue weighted by Crippen LogP contribution is -2.25. The van der Waals surface area contributed by atoms with E-state index in [0.717, 1.165) is 0 Å². The fraction of sp³-hybridized carbons (Fsp3) is 0.111. The number of carbonyl (C=O) groups excluding carboxylic acids is 2. The van der Waals surface area contributed by atoms with Gasteiger partial charge in [0.2, 0.25) is 0 Å². The minimum Gasteiger partial charge on any atom is -0.482 e. The van der Waals surface area contributed by atoms with E-state index in [9.17, 15) is 9.59 Å². The Morgan fingerprint density at radius 2 is 2.29 bits per heavy atom. The largest absolute Gasteiger partial charge is 0.482 e. The predicted octanol–water partition coefficient (Wildman–Crippen LogP) is 1.48. The molecule has 2 rings (SSSR count). The molecule has 0 fully saturated rings. The van der Waals surface area contributed by atoms with Crippen molar-refractivity contribution in [2.75, 3.05) is 11.9 Å². The normalized spacial score (nSPS) is 13.9. The average Bonchev–Trinajstić information content (AvgIpc) is 2.16. The molecule has 0 saturated carbocycles. The molecule has 1 N–H and O–H groups in total. The van der Waals surface area contributed by atoms with E-state index in [1.807, 2.05) is 0 Å². The van der Waals surface area contributed by atoms with Crippen molar-refractivity contribution >= 4 is 29.5 Å². The van der Waals surface area contributed by atoms with E-state index >= 15 is 0 Å². The molecule has 1 aliphatic heterocycles. The second-order valence-corrected chi connectivity index (χ2v) is 3.23. The number of aldehydes is 1. The highest BCUT2D eigenvalue weighted by Gasteiger charge is 2.17. The molecule has 14 heavy (non-hydrogen) atoms. The summed E-state index contributed by atoms with van der Waals surface area (Å²) in [7, 11) is 0. The number of hydrogen-bond donors (Lipinski definition) is 1. The maximum atomic E-state index is 10.9. The van der Waals surface area contributed by atoms with Crippen molar-refractivity contribution < 1.29 is 14.3 Å². The molecule has 4 nitrogen and oxygen atoms in total. The van der Waals surface area contributed by atoms with E-state index in [0.29, 0.717) is 28.3 Å². The second kappa shape index (κ2) is 3.31. The lowest BCUT2D eigenvalue weighted by Gasteiger charge is -2.18. The van der Waals surface area contributed by atoms with Crippen LogP contribution in [0.4, 0.5) is 5.69 Å². The summed E-state index contributed by atoms with van der Waals surface area (Å²) in [6, 6.07) is 3.00. The minimum atomic E-state index is -0.229. The molecule has 1 amide bonds. The molecule has 0 spiro atoms. The molecule has 1 heterocycles. The first-order chi connectivity index (χ1) is 6.70. The monoisotopic (exact) mass is 211 g/mol. The van der Waals surface area contributed by atoms with Crippen molar-refractivity contribution in [3.8, 4) is 5.75 Å². The topological polar surface area (TPSA) is 55.4 Å². The van der Waals surface area contributed by atoms with Gasteiger partial charge in [-0.25, -0.2) is 0 Å². The number of halogens is 1. The molecule has 0 aromatic heterocycles. The van der Waals surface area contributed by atoms with Crippen molar-refractivity contribution in [3.05, 3.63) is 22.7 Å². The Morgan fingerprint density at radius 3 is 3.00 bits per heavy atom. The third kappa shape index (κ3) is 1.44. The van der Waals surface area contributed by atoms with Gasteiger partial charge in [-0.1, -0.05) is 11.6 Å². The fourth-order valence-corrected chi connectivity index (χ4v) is 1.41. The third-order valence-corrected chi connectivity index (χ3v) is 2.19. The van der Waals surface area contributed by atoms with Crippen molar-refractivity contribution in [1.82, 2.24) is 0 Å². The molecule has 0 saturated heterocycles. The quantitative estimate of drug-likeness (QED) is 0.716. The number of benzene rings is 1. The molecular weight excluding hydrogens is 206 g/mol. The molecule has 5 heteroatoms. The van der Waals surface area contributed by atoms with Crippen LogP contribution in [0.5, 0.6) is 5.75 Å². The van der Waals surface area contributed by atoms with Gasteiger partial charge in [-0.05, 0) is 12.1 Å². The van der Waals surface area contributed by atoms with Gasteiger partial charge in [0.1, 0.15) is 5.75 Å². The van der Waals surface area contributed by atoms with Crippen LogP contribution in [0, 0.1) is 0 Å². The van der Waals surface area contributed by atoms with Crippen LogP contribution in [-0.4, -0.2) is 18.8 Å². The Hall–Kier alpha value is -1.55. The lowest BCUT2D eigenvalue weighted by molar-refractivity contribution is -0.118. The maximum Gasteiger partial charge on any atom is 0.262 e. The molecule has 1 aromatic rings. The number of hydrogen-bond acceptors (Lipinski definition) is 3. The van der Waals surface area contributed by atoms with Crippen molar-refractivity contribution in [3.63, 3.8) is 0 Å². The summed E-state index contributed by atoms with van der Waals surface area (Å²) in [6.45, 7) is -0.0348. The number of fused-ring (bicyclic) bond motifs is 1. The zero-order valence-electron chi connectivity index (χ0n) is 7.04. The summed E-state index contributed by atoms with van der Waals surface area (Å²) in [5.41, 5.74) is 0.846. The second-order valence-electron chi connectivity index (χ2n) is 2.82. The first-order valence-electron chi connectivity index (χ1n) is 3.92. The van der Waals surface area contributed by atoms with Crippen LogP contribution in [-0.2, 0) is 4.79 Å². The summed E-state index contributed by atoms with van der Waals surface area (Å²) in [6.07, 6.45) is 0.641. The molecule has 1 aromatic carbocycles. The summed E-state index contributed by atoms with van der Waals surface area (Å²) in [5, 5.41) is 2.88. The van der Waals surface area contributed by atoms with Gasteiger partial charge >= 0.3 is 0 Å². The van der Waals surface area contributed by atoms with Gasteiger partial charge in [0, 0.05) is 5.56 Å². The highest BCUT2D eigenvalue weighted by atomic mass is 35.5. The molecule has 0 bridgehead atoms. The van der Waals surface area contributed by atoms with Gasteiger partial charge in [0.25, 0.3) is 5.91 Å². The minimum absolute atomic E-state index is 0.0348. The Labute approximate surface area is 84.8 Å². The van der Waals surface area contributed by atoms with E-state index in [-0.39, 0.29) is 12.5 Å².